The highest BCUT2D eigenvalue weighted by molar-refractivity contribution is 4.76. The number of rotatable bonds is 7. The van der Waals surface area contributed by atoms with Crippen LogP contribution in [-0.4, -0.2) is 44.2 Å². The van der Waals surface area contributed by atoms with Crippen molar-refractivity contribution in [2.45, 2.75) is 38.5 Å². The smallest absolute Gasteiger partial charge is 0.0107 e. The lowest BCUT2D eigenvalue weighted by Crippen LogP contribution is -2.32. The van der Waals surface area contributed by atoms with E-state index in [9.17, 15) is 0 Å². The van der Waals surface area contributed by atoms with Crippen molar-refractivity contribution in [3.63, 3.8) is 0 Å². The van der Waals surface area contributed by atoms with E-state index in [-0.39, 0.29) is 0 Å². The third-order valence-corrected chi connectivity index (χ3v) is 4.46. The monoisotopic (exact) mass is 239 g/mol. The second-order valence-corrected chi connectivity index (χ2v) is 5.89. The Labute approximate surface area is 106 Å². The Kier molecular flexibility index (Phi) is 5.75. The number of nitrogens with one attached hydrogen (secondary N) is 1. The van der Waals surface area contributed by atoms with Gasteiger partial charge in [0.25, 0.3) is 0 Å². The van der Waals surface area contributed by atoms with Gasteiger partial charge in [-0.25, -0.2) is 0 Å². The largest absolute Gasteiger partial charge is 0.330 e. The lowest BCUT2D eigenvalue weighted by atomic mass is 10.1. The molecule has 1 saturated carbocycles. The van der Waals surface area contributed by atoms with Crippen LogP contribution in [0.4, 0.5) is 0 Å². The van der Waals surface area contributed by atoms with Crippen molar-refractivity contribution in [1.29, 1.82) is 0 Å². The fourth-order valence-electron chi connectivity index (χ4n) is 3.35. The summed E-state index contributed by atoms with van der Waals surface area (Å²) in [4.78, 5) is 2.60. The van der Waals surface area contributed by atoms with Crippen LogP contribution in [0.25, 0.3) is 0 Å². The molecule has 0 amide bonds. The summed E-state index contributed by atoms with van der Waals surface area (Å²) < 4.78 is 0. The highest BCUT2D eigenvalue weighted by Gasteiger charge is 2.21. The molecule has 1 saturated heterocycles. The van der Waals surface area contributed by atoms with Gasteiger partial charge >= 0.3 is 0 Å². The van der Waals surface area contributed by atoms with E-state index in [4.69, 9.17) is 5.73 Å². The van der Waals surface area contributed by atoms with E-state index in [2.05, 4.69) is 10.2 Å². The summed E-state index contributed by atoms with van der Waals surface area (Å²) in [7, 11) is 0. The maximum Gasteiger partial charge on any atom is 0.0107 e. The third-order valence-electron chi connectivity index (χ3n) is 4.46. The molecule has 0 aromatic carbocycles. The van der Waals surface area contributed by atoms with Crippen LogP contribution in [0.2, 0.25) is 0 Å². The predicted molar refractivity (Wildman–Crippen MR) is 73.0 cm³/mol. The van der Waals surface area contributed by atoms with E-state index < -0.39 is 0 Å². The van der Waals surface area contributed by atoms with E-state index in [1.807, 2.05) is 0 Å². The molecular formula is C14H29N3. The first-order valence-electron chi connectivity index (χ1n) is 7.51. The minimum atomic E-state index is 0.860. The summed E-state index contributed by atoms with van der Waals surface area (Å²) in [6.07, 6.45) is 8.40. The molecule has 100 valence electrons. The Bertz CT molecular complexity index is 202. The summed E-state index contributed by atoms with van der Waals surface area (Å²) in [6.45, 7) is 7.08. The van der Waals surface area contributed by atoms with Crippen molar-refractivity contribution in [1.82, 2.24) is 10.2 Å². The fraction of sp³-hybridized carbons (Fsp3) is 1.00. The second-order valence-electron chi connectivity index (χ2n) is 5.89. The molecule has 3 N–H and O–H groups in total. The van der Waals surface area contributed by atoms with Gasteiger partial charge < -0.3 is 16.0 Å². The zero-order valence-corrected chi connectivity index (χ0v) is 11.2. The molecule has 1 unspecified atom stereocenters. The van der Waals surface area contributed by atoms with Crippen molar-refractivity contribution in [2.75, 3.05) is 39.3 Å². The van der Waals surface area contributed by atoms with Crippen LogP contribution in [0.15, 0.2) is 0 Å². The van der Waals surface area contributed by atoms with E-state index in [0.29, 0.717) is 0 Å². The number of likely N-dealkylation sites (tertiary alicyclic amines) is 1. The van der Waals surface area contributed by atoms with Crippen LogP contribution in [-0.2, 0) is 0 Å². The highest BCUT2D eigenvalue weighted by atomic mass is 15.2. The van der Waals surface area contributed by atoms with Gasteiger partial charge in [-0.3, -0.25) is 0 Å². The van der Waals surface area contributed by atoms with Crippen molar-refractivity contribution < 1.29 is 0 Å². The first kappa shape index (κ1) is 13.3. The molecule has 0 aromatic heterocycles. The van der Waals surface area contributed by atoms with Crippen LogP contribution in [0, 0.1) is 11.8 Å². The maximum absolute atomic E-state index is 5.61. The molecule has 1 heterocycles. The number of hydrogen-bond donors (Lipinski definition) is 2. The Morgan fingerprint density at radius 1 is 1.12 bits per heavy atom. The highest BCUT2D eigenvalue weighted by Crippen LogP contribution is 2.23. The van der Waals surface area contributed by atoms with Crippen LogP contribution in [0.5, 0.6) is 0 Å². The van der Waals surface area contributed by atoms with Crippen molar-refractivity contribution in [3.05, 3.63) is 0 Å². The topological polar surface area (TPSA) is 41.3 Å². The average Bonchev–Trinajstić information content (AvgIpc) is 2.96. The molecule has 3 nitrogen and oxygen atoms in total. The number of hydrogen-bond acceptors (Lipinski definition) is 3. The van der Waals surface area contributed by atoms with Crippen molar-refractivity contribution in [3.8, 4) is 0 Å². The van der Waals surface area contributed by atoms with Gasteiger partial charge in [0.1, 0.15) is 0 Å². The Balaban J connectivity index is 1.48. The first-order valence-corrected chi connectivity index (χ1v) is 7.51. The molecule has 17 heavy (non-hydrogen) atoms. The lowest BCUT2D eigenvalue weighted by Gasteiger charge is -2.17. The molecule has 0 spiro atoms. The Hall–Kier alpha value is -0.120. The minimum Gasteiger partial charge on any atom is -0.330 e. The van der Waals surface area contributed by atoms with Crippen molar-refractivity contribution in [2.24, 2.45) is 17.6 Å². The van der Waals surface area contributed by atoms with Crippen LogP contribution in [0.1, 0.15) is 38.5 Å². The quantitative estimate of drug-likeness (QED) is 0.661. The number of nitrogens with zero attached hydrogens (tertiary/aromatic N) is 1. The van der Waals surface area contributed by atoms with Gasteiger partial charge in [0.15, 0.2) is 0 Å². The summed E-state index contributed by atoms with van der Waals surface area (Å²) in [5.74, 6) is 1.84. The normalized spacial score (nSPS) is 27.0. The molecule has 2 fully saturated rings. The molecule has 0 aromatic rings. The molecule has 1 aliphatic carbocycles. The summed E-state index contributed by atoms with van der Waals surface area (Å²) in [5, 5.41) is 3.63. The summed E-state index contributed by atoms with van der Waals surface area (Å²) >= 11 is 0. The van der Waals surface area contributed by atoms with Gasteiger partial charge in [0.2, 0.25) is 0 Å². The maximum atomic E-state index is 5.61. The molecule has 0 bridgehead atoms. The van der Waals surface area contributed by atoms with E-state index in [1.165, 1.54) is 71.2 Å². The van der Waals surface area contributed by atoms with Gasteiger partial charge in [0, 0.05) is 19.6 Å². The molecular weight excluding hydrogens is 210 g/mol. The van der Waals surface area contributed by atoms with E-state index >= 15 is 0 Å². The molecule has 2 rings (SSSR count). The molecule has 3 heteroatoms. The molecule has 0 radical (unpaired) electrons. The van der Waals surface area contributed by atoms with Gasteiger partial charge in [-0.05, 0) is 57.2 Å². The summed E-state index contributed by atoms with van der Waals surface area (Å²) in [6, 6.07) is 0. The zero-order chi connectivity index (χ0) is 11.9. The van der Waals surface area contributed by atoms with Crippen LogP contribution >= 0.6 is 0 Å². The predicted octanol–water partition coefficient (Wildman–Crippen LogP) is 1.44. The van der Waals surface area contributed by atoms with Crippen LogP contribution < -0.4 is 11.1 Å². The molecule has 2 aliphatic rings. The number of nitrogens with two attached hydrogens (primary N) is 1. The van der Waals surface area contributed by atoms with Gasteiger partial charge in [-0.2, -0.15) is 0 Å². The van der Waals surface area contributed by atoms with Gasteiger partial charge in [-0.1, -0.05) is 12.8 Å². The molecule has 1 atom stereocenters. The summed E-state index contributed by atoms with van der Waals surface area (Å²) in [5.41, 5.74) is 5.61. The first-order chi connectivity index (χ1) is 8.38. The Morgan fingerprint density at radius 2 is 1.94 bits per heavy atom. The standard InChI is InChI=1S/C14H29N3/c15-7-5-14-6-9-17(12-14)10-8-16-11-13-3-1-2-4-13/h13-14,16H,1-12,15H2. The van der Waals surface area contributed by atoms with E-state index in [1.54, 1.807) is 0 Å². The van der Waals surface area contributed by atoms with E-state index in [0.717, 1.165) is 18.4 Å². The average molecular weight is 239 g/mol. The molecule has 1 aliphatic heterocycles. The van der Waals surface area contributed by atoms with Crippen LogP contribution in [0.3, 0.4) is 0 Å². The van der Waals surface area contributed by atoms with Gasteiger partial charge in [0.05, 0.1) is 0 Å². The van der Waals surface area contributed by atoms with Crippen molar-refractivity contribution >= 4 is 0 Å². The fourth-order valence-corrected chi connectivity index (χ4v) is 3.35. The minimum absolute atomic E-state index is 0.860. The lowest BCUT2D eigenvalue weighted by molar-refractivity contribution is 0.315. The second kappa shape index (κ2) is 7.34. The third kappa shape index (κ3) is 4.57. The zero-order valence-electron chi connectivity index (χ0n) is 11.2. The Morgan fingerprint density at radius 3 is 2.71 bits per heavy atom. The SMILES string of the molecule is NCCC1CCN(CCNCC2CCCC2)C1. The van der Waals surface area contributed by atoms with Gasteiger partial charge in [-0.15, -0.1) is 0 Å².